The molecule has 0 atom stereocenters. The third-order valence-corrected chi connectivity index (χ3v) is 3.38. The highest BCUT2D eigenvalue weighted by molar-refractivity contribution is 7.13. The van der Waals surface area contributed by atoms with E-state index in [2.05, 4.69) is 15.8 Å². The van der Waals surface area contributed by atoms with Gasteiger partial charge in [-0.05, 0) is 31.2 Å². The molecule has 0 bridgehead atoms. The number of nitrogens with one attached hydrogen (secondary N) is 2. The molecule has 2 aromatic rings. The lowest BCUT2D eigenvalue weighted by Crippen LogP contribution is -2.29. The number of thiazole rings is 1. The summed E-state index contributed by atoms with van der Waals surface area (Å²) in [5, 5.41) is 1.95. The minimum atomic E-state index is -0.492. The second-order valence-corrected chi connectivity index (χ2v) is 4.92. The van der Waals surface area contributed by atoms with Crippen LogP contribution < -0.4 is 15.6 Å². The summed E-state index contributed by atoms with van der Waals surface area (Å²) < 4.78 is 9.86. The lowest BCUT2D eigenvalue weighted by atomic mass is 10.2. The summed E-state index contributed by atoms with van der Waals surface area (Å²) in [4.78, 5) is 27.4. The number of carbonyl (C=O) groups is 2. The minimum absolute atomic E-state index is 0.202. The van der Waals surface area contributed by atoms with Crippen molar-refractivity contribution in [2.45, 2.75) is 6.92 Å². The molecule has 0 fully saturated rings. The van der Waals surface area contributed by atoms with E-state index in [1.165, 1.54) is 11.3 Å². The van der Waals surface area contributed by atoms with Gasteiger partial charge >= 0.3 is 5.97 Å². The number of methoxy groups -OCH3 is 1. The van der Waals surface area contributed by atoms with Gasteiger partial charge in [-0.1, -0.05) is 0 Å². The van der Waals surface area contributed by atoms with Gasteiger partial charge in [-0.25, -0.2) is 9.78 Å². The largest absolute Gasteiger partial charge is 0.497 e. The molecule has 1 aromatic heterocycles. The first-order valence-corrected chi connectivity index (χ1v) is 7.35. The number of aromatic nitrogens is 1. The number of hydrogen-bond donors (Lipinski definition) is 2. The van der Waals surface area contributed by atoms with Gasteiger partial charge < -0.3 is 9.47 Å². The molecule has 7 nitrogen and oxygen atoms in total. The Labute approximate surface area is 131 Å². The Morgan fingerprint density at radius 1 is 1.27 bits per heavy atom. The van der Waals surface area contributed by atoms with Crippen LogP contribution in [0.15, 0.2) is 29.6 Å². The molecule has 0 saturated carbocycles. The van der Waals surface area contributed by atoms with Crippen LogP contribution in [0.3, 0.4) is 0 Å². The van der Waals surface area contributed by atoms with E-state index >= 15 is 0 Å². The van der Waals surface area contributed by atoms with Gasteiger partial charge in [0.05, 0.1) is 13.7 Å². The highest BCUT2D eigenvalue weighted by atomic mass is 32.1. The third kappa shape index (κ3) is 3.95. The molecule has 8 heteroatoms. The van der Waals surface area contributed by atoms with E-state index < -0.39 is 5.97 Å². The lowest BCUT2D eigenvalue weighted by molar-refractivity contribution is 0.0520. The number of hydrazine groups is 1. The smallest absolute Gasteiger partial charge is 0.357 e. The summed E-state index contributed by atoms with van der Waals surface area (Å²) in [7, 11) is 1.56. The van der Waals surface area contributed by atoms with Crippen molar-refractivity contribution in [3.63, 3.8) is 0 Å². The monoisotopic (exact) mass is 321 g/mol. The molecule has 1 heterocycles. The molecule has 0 aliphatic rings. The maximum Gasteiger partial charge on any atom is 0.357 e. The quantitative estimate of drug-likeness (QED) is 0.625. The third-order valence-electron chi connectivity index (χ3n) is 2.62. The number of anilines is 1. The van der Waals surface area contributed by atoms with Crippen molar-refractivity contribution < 1.29 is 19.1 Å². The van der Waals surface area contributed by atoms with Crippen molar-refractivity contribution in [2.75, 3.05) is 19.1 Å². The second-order valence-electron chi connectivity index (χ2n) is 4.07. The Morgan fingerprint density at radius 2 is 2.00 bits per heavy atom. The van der Waals surface area contributed by atoms with E-state index in [0.717, 1.165) is 0 Å². The van der Waals surface area contributed by atoms with Crippen LogP contribution in [-0.2, 0) is 4.74 Å². The van der Waals surface area contributed by atoms with Crippen LogP contribution in [0.1, 0.15) is 27.8 Å². The molecule has 116 valence electrons. The van der Waals surface area contributed by atoms with E-state index in [9.17, 15) is 9.59 Å². The number of hydrogen-bond acceptors (Lipinski definition) is 7. The first-order valence-electron chi connectivity index (χ1n) is 6.47. The summed E-state index contributed by atoms with van der Waals surface area (Å²) in [6.45, 7) is 2.01. The van der Waals surface area contributed by atoms with Crippen LogP contribution in [0.2, 0.25) is 0 Å². The SMILES string of the molecule is CCOC(=O)c1csc(NNC(=O)c2ccc(OC)cc2)n1. The minimum Gasteiger partial charge on any atom is -0.497 e. The number of rotatable bonds is 6. The molecule has 2 N–H and O–H groups in total. The van der Waals surface area contributed by atoms with Crippen LogP contribution in [-0.4, -0.2) is 30.6 Å². The fourth-order valence-electron chi connectivity index (χ4n) is 1.55. The summed E-state index contributed by atoms with van der Waals surface area (Å²) in [6, 6.07) is 6.66. The van der Waals surface area contributed by atoms with Gasteiger partial charge in [-0.2, -0.15) is 0 Å². The van der Waals surface area contributed by atoms with Crippen molar-refractivity contribution in [2.24, 2.45) is 0 Å². The average molecular weight is 321 g/mol. The molecule has 0 saturated heterocycles. The van der Waals surface area contributed by atoms with E-state index in [4.69, 9.17) is 9.47 Å². The molecule has 0 aliphatic heterocycles. The van der Waals surface area contributed by atoms with Gasteiger partial charge in [-0.15, -0.1) is 11.3 Å². The molecular formula is C14H15N3O4S. The topological polar surface area (TPSA) is 89.6 Å². The number of nitrogens with zero attached hydrogens (tertiary/aromatic N) is 1. The zero-order chi connectivity index (χ0) is 15.9. The Balaban J connectivity index is 1.91. The van der Waals surface area contributed by atoms with Crippen molar-refractivity contribution in [1.29, 1.82) is 0 Å². The first-order chi connectivity index (χ1) is 10.6. The Hall–Kier alpha value is -2.61. The zero-order valence-corrected chi connectivity index (χ0v) is 12.9. The summed E-state index contributed by atoms with van der Waals surface area (Å²) in [5.74, 6) is -0.146. The molecular weight excluding hydrogens is 306 g/mol. The number of esters is 1. The van der Waals surface area contributed by atoms with Crippen LogP contribution in [0, 0.1) is 0 Å². The molecule has 2 rings (SSSR count). The average Bonchev–Trinajstić information content (AvgIpc) is 3.02. The molecule has 22 heavy (non-hydrogen) atoms. The first kappa shape index (κ1) is 15.8. The second kappa shape index (κ2) is 7.41. The van der Waals surface area contributed by atoms with E-state index in [1.54, 1.807) is 43.7 Å². The van der Waals surface area contributed by atoms with Gasteiger partial charge in [0.15, 0.2) is 5.69 Å². The highest BCUT2D eigenvalue weighted by Gasteiger charge is 2.12. The normalized spacial score (nSPS) is 9.91. The Morgan fingerprint density at radius 3 is 2.64 bits per heavy atom. The van der Waals surface area contributed by atoms with E-state index in [-0.39, 0.29) is 18.2 Å². The summed E-state index contributed by atoms with van der Waals surface area (Å²) >= 11 is 1.19. The maximum absolute atomic E-state index is 11.9. The Bertz CT molecular complexity index is 654. The fourth-order valence-corrected chi connectivity index (χ4v) is 2.19. The van der Waals surface area contributed by atoms with Crippen molar-refractivity contribution in [3.8, 4) is 5.75 Å². The number of amides is 1. The standard InChI is InChI=1S/C14H15N3O4S/c1-3-21-13(19)11-8-22-14(15-11)17-16-12(18)9-4-6-10(20-2)7-5-9/h4-8H,3H2,1-2H3,(H,15,17)(H,16,18). The molecule has 0 aliphatic carbocycles. The molecule has 1 amide bonds. The van der Waals surface area contributed by atoms with Crippen LogP contribution in [0.5, 0.6) is 5.75 Å². The number of ether oxygens (including phenoxy) is 2. The lowest BCUT2D eigenvalue weighted by Gasteiger charge is -2.06. The van der Waals surface area contributed by atoms with Crippen LogP contribution in [0.4, 0.5) is 5.13 Å². The van der Waals surface area contributed by atoms with Gasteiger partial charge in [0.1, 0.15) is 5.75 Å². The maximum atomic E-state index is 11.9. The van der Waals surface area contributed by atoms with Crippen LogP contribution in [0.25, 0.3) is 0 Å². The molecule has 1 aromatic carbocycles. The van der Waals surface area contributed by atoms with Crippen molar-refractivity contribution in [1.82, 2.24) is 10.4 Å². The van der Waals surface area contributed by atoms with Crippen LogP contribution >= 0.6 is 11.3 Å². The van der Waals surface area contributed by atoms with E-state index in [1.807, 2.05) is 0 Å². The van der Waals surface area contributed by atoms with Gasteiger partial charge in [0.2, 0.25) is 5.13 Å². The van der Waals surface area contributed by atoms with Crippen molar-refractivity contribution >= 4 is 28.3 Å². The molecule has 0 spiro atoms. The summed E-state index contributed by atoms with van der Waals surface area (Å²) in [5.41, 5.74) is 5.83. The fraction of sp³-hybridized carbons (Fsp3) is 0.214. The van der Waals surface area contributed by atoms with Gasteiger partial charge in [-0.3, -0.25) is 15.6 Å². The number of benzene rings is 1. The zero-order valence-electron chi connectivity index (χ0n) is 12.1. The predicted octanol–water partition coefficient (Wildman–Crippen LogP) is 2.09. The van der Waals surface area contributed by atoms with Gasteiger partial charge in [0, 0.05) is 10.9 Å². The number of carbonyl (C=O) groups excluding carboxylic acids is 2. The molecule has 0 radical (unpaired) electrons. The van der Waals surface area contributed by atoms with Gasteiger partial charge in [0.25, 0.3) is 5.91 Å². The van der Waals surface area contributed by atoms with E-state index in [0.29, 0.717) is 16.4 Å². The molecule has 0 unspecified atom stereocenters. The predicted molar refractivity (Wildman–Crippen MR) is 82.2 cm³/mol. The highest BCUT2D eigenvalue weighted by Crippen LogP contribution is 2.15. The Kier molecular flexibility index (Phi) is 5.31. The summed E-state index contributed by atoms with van der Waals surface area (Å²) in [6.07, 6.45) is 0. The van der Waals surface area contributed by atoms with Crippen molar-refractivity contribution in [3.05, 3.63) is 40.9 Å².